The number of hydrogen-bond donors (Lipinski definition) is 0. The van der Waals surface area contributed by atoms with Crippen LogP contribution in [0.25, 0.3) is 117 Å². The van der Waals surface area contributed by atoms with Gasteiger partial charge in [0.05, 0.1) is 27.6 Å². The van der Waals surface area contributed by atoms with Gasteiger partial charge in [0.1, 0.15) is 0 Å². The summed E-state index contributed by atoms with van der Waals surface area (Å²) in [6.45, 7) is 0. The van der Waals surface area contributed by atoms with Crippen molar-refractivity contribution in [1.29, 1.82) is 0 Å². The number of para-hydroxylation sites is 3. The molecule has 0 radical (unpaired) electrons. The second-order valence-electron chi connectivity index (χ2n) is 16.5. The van der Waals surface area contributed by atoms with Gasteiger partial charge in [-0.2, -0.15) is 0 Å². The quantitative estimate of drug-likeness (QED) is 0.161. The highest BCUT2D eigenvalue weighted by Gasteiger charge is 2.22. The van der Waals surface area contributed by atoms with Gasteiger partial charge in [0.2, 0.25) is 0 Å². The number of hydrogen-bond acceptors (Lipinski definition) is 3. The molecule has 0 saturated carbocycles. The normalized spacial score (nSPS) is 11.7. The van der Waals surface area contributed by atoms with Gasteiger partial charge in [-0.3, -0.25) is 0 Å². The molecule has 13 aromatic rings. The summed E-state index contributed by atoms with van der Waals surface area (Å²) in [4.78, 5) is 15.0. The summed E-state index contributed by atoms with van der Waals surface area (Å²) in [6.07, 6.45) is 2.18. The molecule has 304 valence electrons. The number of benzene rings is 9. The molecule has 65 heavy (non-hydrogen) atoms. The zero-order valence-corrected chi connectivity index (χ0v) is 35.1. The molecule has 4 heterocycles. The molecule has 13 rings (SSSR count). The summed E-state index contributed by atoms with van der Waals surface area (Å²) >= 11 is 0. The standard InChI is InChI=1S/C59H38N6/c1-5-16-40(17-6-1)57-60-58(41-18-7-2-8-19-41)62-59(61-57)44-21-15-20-42(36-44)39-28-30-47(31-29-39)65-54-38-53-43(34-35-63(53)45-22-9-3-10-23-45)37-50(54)48-32-33-52-55(56(48)65)49-26-13-14-27-51(49)64(52)46-24-11-4-12-25-46/h1-38H. The molecule has 0 fully saturated rings. The summed E-state index contributed by atoms with van der Waals surface area (Å²) in [5.74, 6) is 1.92. The van der Waals surface area contributed by atoms with Crippen LogP contribution in [0.5, 0.6) is 0 Å². The van der Waals surface area contributed by atoms with Crippen molar-refractivity contribution in [1.82, 2.24) is 28.7 Å². The largest absolute Gasteiger partial charge is 0.316 e. The highest BCUT2D eigenvalue weighted by Crippen LogP contribution is 2.43. The minimum Gasteiger partial charge on any atom is -0.316 e. The van der Waals surface area contributed by atoms with Crippen LogP contribution in [0.1, 0.15) is 0 Å². The van der Waals surface area contributed by atoms with E-state index in [1.807, 2.05) is 60.7 Å². The second-order valence-corrected chi connectivity index (χ2v) is 16.5. The highest BCUT2D eigenvalue weighted by atomic mass is 15.0. The molecule has 0 unspecified atom stereocenters. The SMILES string of the molecule is c1ccc(-c2nc(-c3ccccc3)nc(-c3cccc(-c4ccc(-n5c6cc7c(ccn7-c7ccccc7)cc6c6ccc7c(c8ccccc8n7-c7ccccc7)c65)cc4)c3)n2)cc1. The fourth-order valence-electron chi connectivity index (χ4n) is 9.70. The van der Waals surface area contributed by atoms with Crippen LogP contribution in [0.15, 0.2) is 231 Å². The van der Waals surface area contributed by atoms with Gasteiger partial charge in [0, 0.05) is 66.9 Å². The van der Waals surface area contributed by atoms with Crippen LogP contribution in [-0.4, -0.2) is 28.7 Å². The van der Waals surface area contributed by atoms with E-state index in [0.717, 1.165) is 55.9 Å². The van der Waals surface area contributed by atoms with Crippen LogP contribution in [0.2, 0.25) is 0 Å². The van der Waals surface area contributed by atoms with Gasteiger partial charge in [-0.25, -0.2) is 15.0 Å². The van der Waals surface area contributed by atoms with E-state index < -0.39 is 0 Å². The minimum atomic E-state index is 0.631. The maximum absolute atomic E-state index is 5.02. The van der Waals surface area contributed by atoms with E-state index in [9.17, 15) is 0 Å². The predicted octanol–water partition coefficient (Wildman–Crippen LogP) is 14.7. The average molecular weight is 831 g/mol. The van der Waals surface area contributed by atoms with Crippen LogP contribution in [0.4, 0.5) is 0 Å². The van der Waals surface area contributed by atoms with Gasteiger partial charge >= 0.3 is 0 Å². The minimum absolute atomic E-state index is 0.631. The van der Waals surface area contributed by atoms with Crippen molar-refractivity contribution in [2.45, 2.75) is 0 Å². The van der Waals surface area contributed by atoms with Crippen molar-refractivity contribution in [2.75, 3.05) is 0 Å². The van der Waals surface area contributed by atoms with Crippen LogP contribution in [-0.2, 0) is 0 Å². The number of nitrogens with zero attached hydrogens (tertiary/aromatic N) is 6. The van der Waals surface area contributed by atoms with Crippen molar-refractivity contribution in [3.63, 3.8) is 0 Å². The van der Waals surface area contributed by atoms with Crippen LogP contribution < -0.4 is 0 Å². The smallest absolute Gasteiger partial charge is 0.164 e. The molecular weight excluding hydrogens is 793 g/mol. The van der Waals surface area contributed by atoms with Gasteiger partial charge in [-0.1, -0.05) is 152 Å². The van der Waals surface area contributed by atoms with Gasteiger partial charge in [0.25, 0.3) is 0 Å². The summed E-state index contributed by atoms with van der Waals surface area (Å²) in [5, 5.41) is 6.09. The molecule has 0 aliphatic carbocycles. The number of rotatable bonds is 7. The van der Waals surface area contributed by atoms with Crippen LogP contribution in [0.3, 0.4) is 0 Å². The first-order chi connectivity index (χ1) is 32.2. The van der Waals surface area contributed by atoms with Crippen molar-refractivity contribution in [3.05, 3.63) is 231 Å². The van der Waals surface area contributed by atoms with Gasteiger partial charge < -0.3 is 13.7 Å². The first-order valence-corrected chi connectivity index (χ1v) is 21.9. The molecule has 9 aromatic carbocycles. The lowest BCUT2D eigenvalue weighted by molar-refractivity contribution is 1.07. The first-order valence-electron chi connectivity index (χ1n) is 21.9. The predicted molar refractivity (Wildman–Crippen MR) is 267 cm³/mol. The fourth-order valence-corrected chi connectivity index (χ4v) is 9.70. The lowest BCUT2D eigenvalue weighted by Crippen LogP contribution is -2.00. The van der Waals surface area contributed by atoms with Crippen LogP contribution in [0, 0.1) is 0 Å². The molecular formula is C59H38N6. The van der Waals surface area contributed by atoms with E-state index >= 15 is 0 Å². The molecule has 4 aromatic heterocycles. The highest BCUT2D eigenvalue weighted by molar-refractivity contribution is 6.27. The van der Waals surface area contributed by atoms with E-state index in [1.54, 1.807) is 0 Å². The van der Waals surface area contributed by atoms with Crippen LogP contribution >= 0.6 is 0 Å². The third kappa shape index (κ3) is 6.07. The van der Waals surface area contributed by atoms with E-state index in [0.29, 0.717) is 17.5 Å². The molecule has 0 bridgehead atoms. The summed E-state index contributed by atoms with van der Waals surface area (Å²) in [5.41, 5.74) is 14.2. The molecule has 0 N–H and O–H groups in total. The zero-order chi connectivity index (χ0) is 42.8. The molecule has 0 spiro atoms. The van der Waals surface area contributed by atoms with Crippen molar-refractivity contribution in [3.8, 4) is 62.4 Å². The van der Waals surface area contributed by atoms with E-state index in [-0.39, 0.29) is 0 Å². The Bertz CT molecular complexity index is 3850. The Hall–Kier alpha value is -8.87. The van der Waals surface area contributed by atoms with Crippen molar-refractivity contribution >= 4 is 54.5 Å². The lowest BCUT2D eigenvalue weighted by Gasteiger charge is -2.12. The fraction of sp³-hybridized carbons (Fsp3) is 0. The molecule has 6 heteroatoms. The van der Waals surface area contributed by atoms with Gasteiger partial charge in [-0.05, 0) is 83.9 Å². The van der Waals surface area contributed by atoms with E-state index in [4.69, 9.17) is 15.0 Å². The summed E-state index contributed by atoms with van der Waals surface area (Å²) in [6, 6.07) is 79.5. The zero-order valence-electron chi connectivity index (χ0n) is 35.1. The Morgan fingerprint density at radius 1 is 0.292 bits per heavy atom. The Labute approximate surface area is 374 Å². The number of fused-ring (bicyclic) bond motifs is 8. The summed E-state index contributed by atoms with van der Waals surface area (Å²) < 4.78 is 7.18. The van der Waals surface area contributed by atoms with Crippen molar-refractivity contribution < 1.29 is 0 Å². The topological polar surface area (TPSA) is 53.5 Å². The molecule has 0 amide bonds. The average Bonchev–Trinajstić information content (AvgIpc) is 4.06. The van der Waals surface area contributed by atoms with E-state index in [2.05, 4.69) is 184 Å². The lowest BCUT2D eigenvalue weighted by atomic mass is 10.0. The maximum Gasteiger partial charge on any atom is 0.164 e. The Morgan fingerprint density at radius 3 is 1.55 bits per heavy atom. The molecule has 6 nitrogen and oxygen atoms in total. The Balaban J connectivity index is 1.00. The first kappa shape index (κ1) is 36.8. The van der Waals surface area contributed by atoms with E-state index in [1.165, 1.54) is 43.5 Å². The van der Waals surface area contributed by atoms with Gasteiger partial charge in [0.15, 0.2) is 17.5 Å². The summed E-state index contributed by atoms with van der Waals surface area (Å²) in [7, 11) is 0. The molecule has 0 saturated heterocycles. The number of aromatic nitrogens is 6. The molecule has 0 aliphatic heterocycles. The van der Waals surface area contributed by atoms with Crippen molar-refractivity contribution in [2.24, 2.45) is 0 Å². The Kier molecular flexibility index (Phi) is 8.42. The maximum atomic E-state index is 5.02. The monoisotopic (exact) mass is 830 g/mol. The molecule has 0 aliphatic rings. The Morgan fingerprint density at radius 2 is 0.862 bits per heavy atom. The van der Waals surface area contributed by atoms with Gasteiger partial charge in [-0.15, -0.1) is 0 Å². The third-order valence-corrected chi connectivity index (χ3v) is 12.7. The second kappa shape index (κ2) is 14.9. The molecule has 0 atom stereocenters. The third-order valence-electron chi connectivity index (χ3n) is 12.7.